The van der Waals surface area contributed by atoms with Gasteiger partial charge in [0.15, 0.2) is 0 Å². The molecular formula is C15H20ClFN2O2. The number of hydrogen-bond acceptors (Lipinski definition) is 3. The average molecular weight is 315 g/mol. The Kier molecular flexibility index (Phi) is 5.17. The zero-order valence-electron chi connectivity index (χ0n) is 12.3. The molecule has 116 valence electrons. The molecule has 3 atom stereocenters. The first-order valence-corrected chi connectivity index (χ1v) is 7.67. The van der Waals surface area contributed by atoms with Crippen LogP contribution in [0.4, 0.5) is 10.1 Å². The van der Waals surface area contributed by atoms with Gasteiger partial charge < -0.3 is 0 Å². The van der Waals surface area contributed by atoms with Crippen LogP contribution in [0.2, 0.25) is 0 Å². The van der Waals surface area contributed by atoms with Crippen molar-refractivity contribution in [1.82, 2.24) is 4.90 Å². The van der Waals surface area contributed by atoms with E-state index < -0.39 is 16.4 Å². The summed E-state index contributed by atoms with van der Waals surface area (Å²) in [5.41, 5.74) is 0.0765. The summed E-state index contributed by atoms with van der Waals surface area (Å²) in [6.45, 7) is 4.96. The fraction of sp³-hybridized carbons (Fsp3) is 0.600. The van der Waals surface area contributed by atoms with Gasteiger partial charge in [-0.25, -0.2) is 0 Å². The average Bonchev–Trinajstić information content (AvgIpc) is 2.43. The van der Waals surface area contributed by atoms with Crippen molar-refractivity contribution in [3.63, 3.8) is 0 Å². The second-order valence-electron chi connectivity index (χ2n) is 5.76. The van der Waals surface area contributed by atoms with Crippen molar-refractivity contribution in [2.45, 2.75) is 50.6 Å². The van der Waals surface area contributed by atoms with E-state index >= 15 is 0 Å². The number of halogens is 2. The Morgan fingerprint density at radius 1 is 1.43 bits per heavy atom. The number of alkyl halides is 1. The molecule has 0 spiro atoms. The van der Waals surface area contributed by atoms with Gasteiger partial charge in [-0.1, -0.05) is 12.5 Å². The standard InChI is InChI=1S/C15H20ClFN2O2/c1-10-4-3-5-11(2)18(10)9-13(16)12-6-7-14(17)15(8-12)19(20)21/h6-8,10-11,13H,3-5,9H2,1-2H3. The molecule has 4 nitrogen and oxygen atoms in total. The van der Waals surface area contributed by atoms with E-state index in [4.69, 9.17) is 11.6 Å². The van der Waals surface area contributed by atoms with Gasteiger partial charge in [0.25, 0.3) is 0 Å². The molecule has 0 radical (unpaired) electrons. The molecule has 0 aliphatic carbocycles. The van der Waals surface area contributed by atoms with Crippen molar-refractivity contribution < 1.29 is 9.31 Å². The number of benzene rings is 1. The van der Waals surface area contributed by atoms with Crippen LogP contribution in [0.15, 0.2) is 18.2 Å². The smallest absolute Gasteiger partial charge is 0.296 e. The lowest BCUT2D eigenvalue weighted by molar-refractivity contribution is -0.387. The minimum absolute atomic E-state index is 0.382. The second kappa shape index (κ2) is 6.71. The minimum atomic E-state index is -0.827. The lowest BCUT2D eigenvalue weighted by atomic mass is 9.96. The highest BCUT2D eigenvalue weighted by molar-refractivity contribution is 6.21. The normalized spacial score (nSPS) is 24.8. The molecule has 0 saturated carbocycles. The largest absolute Gasteiger partial charge is 0.305 e. The summed E-state index contributed by atoms with van der Waals surface area (Å²) in [5.74, 6) is -0.827. The molecule has 0 amide bonds. The van der Waals surface area contributed by atoms with Crippen molar-refractivity contribution in [2.24, 2.45) is 0 Å². The summed E-state index contributed by atoms with van der Waals surface area (Å²) >= 11 is 6.41. The van der Waals surface area contributed by atoms with Crippen LogP contribution in [0.3, 0.4) is 0 Å². The third kappa shape index (κ3) is 3.71. The molecule has 1 saturated heterocycles. The Labute approximate surface area is 129 Å². The van der Waals surface area contributed by atoms with Crippen LogP contribution in [0.1, 0.15) is 44.1 Å². The van der Waals surface area contributed by atoms with Crippen LogP contribution < -0.4 is 0 Å². The molecule has 6 heteroatoms. The molecule has 1 aliphatic rings. The van der Waals surface area contributed by atoms with Crippen molar-refractivity contribution in [3.05, 3.63) is 39.7 Å². The van der Waals surface area contributed by atoms with Gasteiger partial charge in [-0.05, 0) is 38.3 Å². The summed E-state index contributed by atoms with van der Waals surface area (Å²) in [6, 6.07) is 4.79. The molecule has 1 fully saturated rings. The number of nitrogens with zero attached hydrogens (tertiary/aromatic N) is 2. The summed E-state index contributed by atoms with van der Waals surface area (Å²) < 4.78 is 13.4. The number of piperidine rings is 1. The second-order valence-corrected chi connectivity index (χ2v) is 6.29. The Hall–Kier alpha value is -1.20. The first-order chi connectivity index (χ1) is 9.90. The summed E-state index contributed by atoms with van der Waals surface area (Å²) in [5, 5.41) is 10.4. The zero-order chi connectivity index (χ0) is 15.6. The third-order valence-electron chi connectivity index (χ3n) is 4.28. The quantitative estimate of drug-likeness (QED) is 0.473. The van der Waals surface area contributed by atoms with Crippen LogP contribution in [-0.2, 0) is 0 Å². The molecule has 1 heterocycles. The van der Waals surface area contributed by atoms with E-state index in [2.05, 4.69) is 18.7 Å². The highest BCUT2D eigenvalue weighted by Crippen LogP contribution is 2.31. The molecule has 1 aliphatic heterocycles. The van der Waals surface area contributed by atoms with E-state index in [0.29, 0.717) is 24.2 Å². The number of nitro benzene ring substituents is 1. The van der Waals surface area contributed by atoms with Gasteiger partial charge in [-0.3, -0.25) is 15.0 Å². The third-order valence-corrected chi connectivity index (χ3v) is 4.67. The van der Waals surface area contributed by atoms with Gasteiger partial charge in [0.1, 0.15) is 0 Å². The van der Waals surface area contributed by atoms with E-state index in [1.54, 1.807) is 0 Å². The van der Waals surface area contributed by atoms with Crippen LogP contribution in [-0.4, -0.2) is 28.5 Å². The van der Waals surface area contributed by atoms with Crippen molar-refractivity contribution in [1.29, 1.82) is 0 Å². The van der Waals surface area contributed by atoms with Crippen molar-refractivity contribution >= 4 is 17.3 Å². The van der Waals surface area contributed by atoms with E-state index in [0.717, 1.165) is 18.9 Å². The maximum atomic E-state index is 13.4. The Morgan fingerprint density at radius 2 is 2.05 bits per heavy atom. The molecule has 3 unspecified atom stereocenters. The SMILES string of the molecule is CC1CCCC(C)N1CC(Cl)c1ccc(F)c([N+](=O)[O-])c1. The summed E-state index contributed by atoms with van der Waals surface area (Å²) in [7, 11) is 0. The van der Waals surface area contributed by atoms with Gasteiger partial charge in [-0.2, -0.15) is 4.39 Å². The molecule has 1 aromatic rings. The van der Waals surface area contributed by atoms with Gasteiger partial charge >= 0.3 is 5.69 Å². The molecule has 0 bridgehead atoms. The number of nitro groups is 1. The van der Waals surface area contributed by atoms with Gasteiger partial charge in [0.2, 0.25) is 5.82 Å². The van der Waals surface area contributed by atoms with Crippen LogP contribution in [0.25, 0.3) is 0 Å². The summed E-state index contributed by atoms with van der Waals surface area (Å²) in [4.78, 5) is 12.4. The lowest BCUT2D eigenvalue weighted by Crippen LogP contribution is -2.45. The highest BCUT2D eigenvalue weighted by atomic mass is 35.5. The molecule has 2 rings (SSSR count). The van der Waals surface area contributed by atoms with Crippen molar-refractivity contribution in [3.8, 4) is 0 Å². The van der Waals surface area contributed by atoms with Gasteiger partial charge in [-0.15, -0.1) is 11.6 Å². The maximum absolute atomic E-state index is 13.4. The van der Waals surface area contributed by atoms with E-state index in [9.17, 15) is 14.5 Å². The Morgan fingerprint density at radius 3 is 2.62 bits per heavy atom. The fourth-order valence-corrected chi connectivity index (χ4v) is 3.28. The molecule has 0 N–H and O–H groups in total. The van der Waals surface area contributed by atoms with Gasteiger partial charge in [0, 0.05) is 24.7 Å². The van der Waals surface area contributed by atoms with Crippen LogP contribution >= 0.6 is 11.6 Å². The van der Waals surface area contributed by atoms with E-state index in [-0.39, 0.29) is 5.38 Å². The molecule has 1 aromatic carbocycles. The Bertz CT molecular complexity index is 516. The highest BCUT2D eigenvalue weighted by Gasteiger charge is 2.27. The minimum Gasteiger partial charge on any atom is -0.296 e. The number of hydrogen-bond donors (Lipinski definition) is 0. The van der Waals surface area contributed by atoms with Gasteiger partial charge in [0.05, 0.1) is 10.3 Å². The van der Waals surface area contributed by atoms with E-state index in [1.165, 1.54) is 18.6 Å². The number of rotatable bonds is 4. The Balaban J connectivity index is 2.14. The lowest BCUT2D eigenvalue weighted by Gasteiger charge is -2.40. The molecule has 0 aromatic heterocycles. The van der Waals surface area contributed by atoms with Crippen molar-refractivity contribution in [2.75, 3.05) is 6.54 Å². The number of likely N-dealkylation sites (tertiary alicyclic amines) is 1. The van der Waals surface area contributed by atoms with Crippen LogP contribution in [0.5, 0.6) is 0 Å². The predicted molar refractivity (Wildman–Crippen MR) is 81.1 cm³/mol. The topological polar surface area (TPSA) is 46.4 Å². The monoisotopic (exact) mass is 314 g/mol. The molecule has 21 heavy (non-hydrogen) atoms. The zero-order valence-corrected chi connectivity index (χ0v) is 13.0. The fourth-order valence-electron chi connectivity index (χ4n) is 2.99. The first kappa shape index (κ1) is 16.2. The van der Waals surface area contributed by atoms with E-state index in [1.807, 2.05) is 0 Å². The first-order valence-electron chi connectivity index (χ1n) is 7.23. The summed E-state index contributed by atoms with van der Waals surface area (Å²) in [6.07, 6.45) is 3.49. The maximum Gasteiger partial charge on any atom is 0.305 e. The predicted octanol–water partition coefficient (Wildman–Crippen LogP) is 4.28. The van der Waals surface area contributed by atoms with Crippen LogP contribution in [0, 0.1) is 15.9 Å². The molecular weight excluding hydrogens is 295 g/mol.